The number of carbonyl (C=O) groups is 2. The zero-order valence-corrected chi connectivity index (χ0v) is 20.1. The molecule has 0 bridgehead atoms. The number of nitrogens with one attached hydrogen (secondary N) is 1. The summed E-state index contributed by atoms with van der Waals surface area (Å²) in [7, 11) is 3.00. The number of methoxy groups -OCH3 is 2. The van der Waals surface area contributed by atoms with Gasteiger partial charge in [0.05, 0.1) is 32.5 Å². The number of carbonyl (C=O) groups excluding carboxylic acids is 2. The van der Waals surface area contributed by atoms with Crippen LogP contribution in [0.15, 0.2) is 18.2 Å². The first-order valence-corrected chi connectivity index (χ1v) is 11.7. The number of hydrogen-bond donors (Lipinski definition) is 1. The molecule has 1 N–H and O–H groups in total. The van der Waals surface area contributed by atoms with Crippen LogP contribution in [0.25, 0.3) is 6.08 Å². The van der Waals surface area contributed by atoms with E-state index in [9.17, 15) is 9.59 Å². The molecule has 1 heterocycles. The van der Waals surface area contributed by atoms with Crippen molar-refractivity contribution in [2.75, 3.05) is 53.7 Å². The maximum absolute atomic E-state index is 12.4. The second kappa shape index (κ2) is 12.3. The predicted molar refractivity (Wildman–Crippen MR) is 126 cm³/mol. The molecule has 1 aliphatic carbocycles. The topological polar surface area (TPSA) is 86.3 Å². The van der Waals surface area contributed by atoms with Gasteiger partial charge in [-0.25, -0.2) is 4.79 Å². The monoisotopic (exact) mass is 480 g/mol. The van der Waals surface area contributed by atoms with Gasteiger partial charge in [0.2, 0.25) is 0 Å². The molecule has 182 valence electrons. The third kappa shape index (κ3) is 6.85. The van der Waals surface area contributed by atoms with Crippen LogP contribution in [-0.4, -0.2) is 76.0 Å². The molecule has 2 aliphatic rings. The Morgan fingerprint density at radius 1 is 1.15 bits per heavy atom. The predicted octanol–water partition coefficient (Wildman–Crippen LogP) is 3.06. The van der Waals surface area contributed by atoms with Crippen molar-refractivity contribution in [2.45, 2.75) is 37.6 Å². The van der Waals surface area contributed by atoms with Gasteiger partial charge in [0.25, 0.3) is 5.91 Å². The highest BCUT2D eigenvalue weighted by Crippen LogP contribution is 2.36. The van der Waals surface area contributed by atoms with E-state index in [1.165, 1.54) is 26.7 Å². The Kier molecular flexibility index (Phi) is 9.41. The molecule has 0 unspecified atom stereocenters. The van der Waals surface area contributed by atoms with E-state index in [-0.39, 0.29) is 18.1 Å². The number of esters is 1. The summed E-state index contributed by atoms with van der Waals surface area (Å²) in [5, 5.41) is 3.35. The van der Waals surface area contributed by atoms with Gasteiger partial charge in [-0.05, 0) is 36.6 Å². The maximum Gasteiger partial charge on any atom is 0.331 e. The zero-order valence-electron chi connectivity index (χ0n) is 19.4. The van der Waals surface area contributed by atoms with Crippen LogP contribution in [0, 0.1) is 0 Å². The van der Waals surface area contributed by atoms with Crippen LogP contribution >= 0.6 is 11.6 Å². The van der Waals surface area contributed by atoms with Crippen molar-refractivity contribution in [3.63, 3.8) is 0 Å². The Labute approximate surface area is 200 Å². The minimum atomic E-state index is -0.614. The lowest BCUT2D eigenvalue weighted by Crippen LogP contribution is -2.59. The van der Waals surface area contributed by atoms with E-state index >= 15 is 0 Å². The molecule has 1 aromatic carbocycles. The molecule has 1 aromatic rings. The molecule has 8 nitrogen and oxygen atoms in total. The minimum absolute atomic E-state index is 0.0334. The van der Waals surface area contributed by atoms with E-state index in [0.717, 1.165) is 52.0 Å². The smallest absolute Gasteiger partial charge is 0.331 e. The molecule has 0 aromatic heterocycles. The fraction of sp³-hybridized carbons (Fsp3) is 0.583. The maximum atomic E-state index is 12.4. The van der Waals surface area contributed by atoms with E-state index in [2.05, 4.69) is 10.2 Å². The normalized spacial score (nSPS) is 18.6. The summed E-state index contributed by atoms with van der Waals surface area (Å²) in [6.07, 6.45) is 8.47. The van der Waals surface area contributed by atoms with Crippen molar-refractivity contribution in [1.82, 2.24) is 10.2 Å². The van der Waals surface area contributed by atoms with Crippen molar-refractivity contribution in [1.29, 1.82) is 0 Å². The lowest BCUT2D eigenvalue weighted by Gasteiger charge is -2.48. The molecular formula is C24H33ClN2O6. The quantitative estimate of drug-likeness (QED) is 0.429. The van der Waals surface area contributed by atoms with Crippen LogP contribution in [0.4, 0.5) is 0 Å². The number of halogens is 1. The van der Waals surface area contributed by atoms with Gasteiger partial charge < -0.3 is 24.3 Å². The molecule has 1 saturated heterocycles. The highest BCUT2D eigenvalue weighted by Gasteiger charge is 2.38. The van der Waals surface area contributed by atoms with Gasteiger partial charge >= 0.3 is 5.97 Å². The van der Waals surface area contributed by atoms with Crippen molar-refractivity contribution in [2.24, 2.45) is 0 Å². The summed E-state index contributed by atoms with van der Waals surface area (Å²) in [5.74, 6) is -0.0431. The molecule has 0 spiro atoms. The van der Waals surface area contributed by atoms with Gasteiger partial charge in [-0.3, -0.25) is 9.69 Å². The Morgan fingerprint density at radius 2 is 1.88 bits per heavy atom. The second-order valence-electron chi connectivity index (χ2n) is 8.34. The van der Waals surface area contributed by atoms with Crippen LogP contribution < -0.4 is 14.8 Å². The summed E-state index contributed by atoms with van der Waals surface area (Å²) in [5.41, 5.74) is 0.609. The molecule has 9 heteroatoms. The molecule has 1 amide bonds. The fourth-order valence-electron chi connectivity index (χ4n) is 4.55. The SMILES string of the molecule is COc1cc(/C=C/C(=O)OCC(=O)NCC2(N3CCOCC3)CCCCC2)cc(Cl)c1OC. The van der Waals surface area contributed by atoms with Gasteiger partial charge in [0.1, 0.15) is 0 Å². The summed E-state index contributed by atoms with van der Waals surface area (Å²) < 4.78 is 21.1. The zero-order chi connectivity index (χ0) is 23.7. The number of benzene rings is 1. The number of ether oxygens (including phenoxy) is 4. The standard InChI is InChI=1S/C24H33ClN2O6/c1-30-20-15-18(14-19(25)23(20)31-2)6-7-22(29)33-16-21(28)26-17-24(8-4-3-5-9-24)27-10-12-32-13-11-27/h6-7,14-15H,3-5,8-13,16-17H2,1-2H3,(H,26,28)/b7-6+. The average Bonchev–Trinajstić information content (AvgIpc) is 2.85. The number of morpholine rings is 1. The largest absolute Gasteiger partial charge is 0.493 e. The van der Waals surface area contributed by atoms with E-state index in [1.54, 1.807) is 18.2 Å². The van der Waals surface area contributed by atoms with Gasteiger partial charge in [-0.15, -0.1) is 0 Å². The Balaban J connectivity index is 1.50. The van der Waals surface area contributed by atoms with Crippen LogP contribution in [-0.2, 0) is 19.1 Å². The molecule has 33 heavy (non-hydrogen) atoms. The number of rotatable bonds is 9. The first kappa shape index (κ1) is 25.3. The van der Waals surface area contributed by atoms with Crippen LogP contribution in [0.1, 0.15) is 37.7 Å². The third-order valence-corrected chi connectivity index (χ3v) is 6.57. The Hall–Kier alpha value is -2.29. The minimum Gasteiger partial charge on any atom is -0.493 e. The van der Waals surface area contributed by atoms with Crippen molar-refractivity contribution in [3.8, 4) is 11.5 Å². The van der Waals surface area contributed by atoms with E-state index in [0.29, 0.717) is 28.6 Å². The molecule has 0 atom stereocenters. The number of nitrogens with zero attached hydrogens (tertiary/aromatic N) is 1. The van der Waals surface area contributed by atoms with Crippen molar-refractivity contribution < 1.29 is 28.5 Å². The molecule has 1 saturated carbocycles. The molecule has 2 fully saturated rings. The first-order chi connectivity index (χ1) is 16.0. The highest BCUT2D eigenvalue weighted by atomic mass is 35.5. The van der Waals surface area contributed by atoms with E-state index < -0.39 is 5.97 Å². The van der Waals surface area contributed by atoms with E-state index in [1.807, 2.05) is 0 Å². The second-order valence-corrected chi connectivity index (χ2v) is 8.75. The lowest BCUT2D eigenvalue weighted by atomic mass is 9.79. The molecule has 1 aliphatic heterocycles. The first-order valence-electron chi connectivity index (χ1n) is 11.3. The van der Waals surface area contributed by atoms with Gasteiger partial charge in [-0.2, -0.15) is 0 Å². The summed E-state index contributed by atoms with van der Waals surface area (Å²) in [6, 6.07) is 3.34. The lowest BCUT2D eigenvalue weighted by molar-refractivity contribution is -0.144. The fourth-order valence-corrected chi connectivity index (χ4v) is 4.85. The third-order valence-electron chi connectivity index (χ3n) is 6.29. The highest BCUT2D eigenvalue weighted by molar-refractivity contribution is 6.32. The summed E-state index contributed by atoms with van der Waals surface area (Å²) in [6.45, 7) is 3.46. The van der Waals surface area contributed by atoms with Crippen molar-refractivity contribution in [3.05, 3.63) is 28.8 Å². The van der Waals surface area contributed by atoms with Crippen LogP contribution in [0.3, 0.4) is 0 Å². The molecule has 0 radical (unpaired) electrons. The Bertz CT molecular complexity index is 848. The van der Waals surface area contributed by atoms with Gasteiger partial charge in [-0.1, -0.05) is 30.9 Å². The van der Waals surface area contributed by atoms with Crippen LogP contribution in [0.2, 0.25) is 5.02 Å². The number of hydrogen-bond acceptors (Lipinski definition) is 7. The summed E-state index contributed by atoms with van der Waals surface area (Å²) >= 11 is 6.18. The van der Waals surface area contributed by atoms with Crippen molar-refractivity contribution >= 4 is 29.6 Å². The molecule has 3 rings (SSSR count). The average molecular weight is 481 g/mol. The Morgan fingerprint density at radius 3 is 2.55 bits per heavy atom. The van der Waals surface area contributed by atoms with E-state index in [4.69, 9.17) is 30.5 Å². The molecular weight excluding hydrogens is 448 g/mol. The van der Waals surface area contributed by atoms with Gasteiger partial charge in [0, 0.05) is 31.2 Å². The summed E-state index contributed by atoms with van der Waals surface area (Å²) in [4.78, 5) is 26.9. The van der Waals surface area contributed by atoms with Crippen LogP contribution in [0.5, 0.6) is 11.5 Å². The number of amides is 1. The van der Waals surface area contributed by atoms with Gasteiger partial charge in [0.15, 0.2) is 18.1 Å².